The average Bonchev–Trinajstić information content (AvgIpc) is 2.49. The van der Waals surface area contributed by atoms with Crippen LogP contribution < -0.4 is 10.1 Å². The Morgan fingerprint density at radius 1 is 0.850 bits per heavy atom. The smallest absolute Gasteiger partial charge is 0.120 e. The number of hydrogen-bond acceptors (Lipinski definition) is 2. The lowest BCUT2D eigenvalue weighted by Crippen LogP contribution is -2.43. The quantitative estimate of drug-likeness (QED) is 0.911. The van der Waals surface area contributed by atoms with Gasteiger partial charge >= 0.3 is 0 Å². The Bertz CT molecular complexity index is 541. The highest BCUT2D eigenvalue weighted by Gasteiger charge is 2.28. The van der Waals surface area contributed by atoms with Crippen molar-refractivity contribution < 1.29 is 4.74 Å². The number of hydrogen-bond donors (Lipinski definition) is 1. The van der Waals surface area contributed by atoms with E-state index in [1.807, 2.05) is 6.07 Å². The van der Waals surface area contributed by atoms with Gasteiger partial charge in [-0.15, -0.1) is 0 Å². The summed E-state index contributed by atoms with van der Waals surface area (Å²) in [5.74, 6) is 0.967. The van der Waals surface area contributed by atoms with Crippen molar-refractivity contribution in [2.75, 3.05) is 13.1 Å². The van der Waals surface area contributed by atoms with Crippen LogP contribution in [0.1, 0.15) is 19.8 Å². The van der Waals surface area contributed by atoms with Gasteiger partial charge in [0.25, 0.3) is 0 Å². The maximum absolute atomic E-state index is 6.19. The van der Waals surface area contributed by atoms with Crippen LogP contribution in [-0.4, -0.2) is 18.7 Å². The zero-order valence-electron chi connectivity index (χ0n) is 11.9. The summed E-state index contributed by atoms with van der Waals surface area (Å²) < 4.78 is 6.19. The Hall–Kier alpha value is -1.80. The van der Waals surface area contributed by atoms with Gasteiger partial charge in [0.05, 0.1) is 0 Å². The molecule has 3 rings (SSSR count). The normalized spacial score (nSPS) is 17.6. The summed E-state index contributed by atoms with van der Waals surface area (Å²) in [5.41, 5.74) is 2.44. The van der Waals surface area contributed by atoms with Gasteiger partial charge < -0.3 is 10.1 Å². The molecule has 1 fully saturated rings. The average molecular weight is 267 g/mol. The van der Waals surface area contributed by atoms with E-state index in [0.717, 1.165) is 31.7 Å². The lowest BCUT2D eigenvalue weighted by atomic mass is 9.94. The van der Waals surface area contributed by atoms with E-state index in [4.69, 9.17) is 4.74 Å². The van der Waals surface area contributed by atoms with Crippen LogP contribution in [0.5, 0.6) is 5.75 Å². The van der Waals surface area contributed by atoms with Gasteiger partial charge in [-0.2, -0.15) is 0 Å². The van der Waals surface area contributed by atoms with Gasteiger partial charge in [-0.05, 0) is 56.1 Å². The molecule has 0 bridgehead atoms. The highest BCUT2D eigenvalue weighted by molar-refractivity contribution is 5.63. The molecule has 20 heavy (non-hydrogen) atoms. The van der Waals surface area contributed by atoms with E-state index in [0.29, 0.717) is 0 Å². The molecule has 0 atom stereocenters. The van der Waals surface area contributed by atoms with Crippen LogP contribution in [0.2, 0.25) is 0 Å². The van der Waals surface area contributed by atoms with E-state index in [1.165, 1.54) is 11.1 Å². The van der Waals surface area contributed by atoms with Gasteiger partial charge in [-0.3, -0.25) is 0 Å². The van der Waals surface area contributed by atoms with Gasteiger partial charge in [0.1, 0.15) is 11.4 Å². The van der Waals surface area contributed by atoms with Crippen molar-refractivity contribution in [2.24, 2.45) is 0 Å². The molecule has 0 amide bonds. The standard InChI is InChI=1S/C18H21NO/c1-18(11-13-19-14-12-18)20-17-9-7-16(8-10-17)15-5-3-2-4-6-15/h2-10,19H,11-14H2,1H3. The van der Waals surface area contributed by atoms with Gasteiger partial charge in [-0.1, -0.05) is 42.5 Å². The molecule has 0 saturated carbocycles. The van der Waals surface area contributed by atoms with E-state index < -0.39 is 0 Å². The number of ether oxygens (including phenoxy) is 1. The second kappa shape index (κ2) is 5.68. The topological polar surface area (TPSA) is 21.3 Å². The van der Waals surface area contributed by atoms with Gasteiger partial charge in [0, 0.05) is 0 Å². The first-order valence-corrected chi connectivity index (χ1v) is 7.30. The third-order valence-electron chi connectivity index (χ3n) is 3.99. The first kappa shape index (κ1) is 13.2. The summed E-state index contributed by atoms with van der Waals surface area (Å²) in [5, 5.41) is 3.38. The molecule has 2 nitrogen and oxygen atoms in total. The first-order chi connectivity index (χ1) is 9.75. The number of benzene rings is 2. The molecule has 1 N–H and O–H groups in total. The van der Waals surface area contributed by atoms with E-state index in [9.17, 15) is 0 Å². The fourth-order valence-corrected chi connectivity index (χ4v) is 2.69. The molecule has 2 aromatic carbocycles. The molecular weight excluding hydrogens is 246 g/mol. The van der Waals surface area contributed by atoms with Gasteiger partial charge in [-0.25, -0.2) is 0 Å². The Kier molecular flexibility index (Phi) is 3.75. The maximum atomic E-state index is 6.19. The van der Waals surface area contributed by atoms with E-state index in [1.54, 1.807) is 0 Å². The first-order valence-electron chi connectivity index (χ1n) is 7.30. The maximum Gasteiger partial charge on any atom is 0.120 e. The summed E-state index contributed by atoms with van der Waals surface area (Å²) >= 11 is 0. The van der Waals surface area contributed by atoms with Crippen LogP contribution >= 0.6 is 0 Å². The SMILES string of the molecule is CC1(Oc2ccc(-c3ccccc3)cc2)CCNCC1. The predicted octanol–water partition coefficient (Wildman–Crippen LogP) is 3.87. The molecule has 0 spiro atoms. The van der Waals surface area contributed by atoms with Crippen LogP contribution in [0, 0.1) is 0 Å². The molecule has 2 aromatic rings. The van der Waals surface area contributed by atoms with Crippen molar-refractivity contribution in [1.29, 1.82) is 0 Å². The molecule has 1 heterocycles. The van der Waals surface area contributed by atoms with Gasteiger partial charge in [0.2, 0.25) is 0 Å². The van der Waals surface area contributed by atoms with Gasteiger partial charge in [0.15, 0.2) is 0 Å². The second-order valence-electron chi connectivity index (χ2n) is 5.69. The number of piperidine rings is 1. The van der Waals surface area contributed by atoms with Crippen LogP contribution in [-0.2, 0) is 0 Å². The van der Waals surface area contributed by atoms with Crippen molar-refractivity contribution in [3.8, 4) is 16.9 Å². The summed E-state index contributed by atoms with van der Waals surface area (Å²) in [6, 6.07) is 18.9. The lowest BCUT2D eigenvalue weighted by Gasteiger charge is -2.34. The van der Waals surface area contributed by atoms with E-state index in [2.05, 4.69) is 60.8 Å². The minimum Gasteiger partial charge on any atom is -0.487 e. The zero-order chi connectivity index (χ0) is 13.8. The Morgan fingerprint density at radius 3 is 2.10 bits per heavy atom. The minimum absolute atomic E-state index is 0.0283. The fourth-order valence-electron chi connectivity index (χ4n) is 2.69. The third kappa shape index (κ3) is 3.02. The van der Waals surface area contributed by atoms with Crippen molar-refractivity contribution in [1.82, 2.24) is 5.32 Å². The Morgan fingerprint density at radius 2 is 1.45 bits per heavy atom. The highest BCUT2D eigenvalue weighted by Crippen LogP contribution is 2.28. The molecule has 1 aliphatic heterocycles. The van der Waals surface area contributed by atoms with E-state index >= 15 is 0 Å². The van der Waals surface area contributed by atoms with Crippen molar-refractivity contribution >= 4 is 0 Å². The summed E-state index contributed by atoms with van der Waals surface area (Å²) in [4.78, 5) is 0. The molecule has 0 radical (unpaired) electrons. The number of nitrogens with one attached hydrogen (secondary N) is 1. The molecular formula is C18H21NO. The van der Waals surface area contributed by atoms with Crippen molar-refractivity contribution in [2.45, 2.75) is 25.4 Å². The lowest BCUT2D eigenvalue weighted by molar-refractivity contribution is 0.0556. The summed E-state index contributed by atoms with van der Waals surface area (Å²) in [6.45, 7) is 4.29. The predicted molar refractivity (Wildman–Crippen MR) is 83.0 cm³/mol. The van der Waals surface area contributed by atoms with E-state index in [-0.39, 0.29) is 5.60 Å². The molecule has 0 aliphatic carbocycles. The van der Waals surface area contributed by atoms with Crippen LogP contribution in [0.25, 0.3) is 11.1 Å². The molecule has 0 unspecified atom stereocenters. The summed E-state index contributed by atoms with van der Waals surface area (Å²) in [7, 11) is 0. The highest BCUT2D eigenvalue weighted by atomic mass is 16.5. The third-order valence-corrected chi connectivity index (χ3v) is 3.99. The van der Waals surface area contributed by atoms with Crippen LogP contribution in [0.3, 0.4) is 0 Å². The zero-order valence-corrected chi connectivity index (χ0v) is 11.9. The van der Waals surface area contributed by atoms with Crippen molar-refractivity contribution in [3.05, 3.63) is 54.6 Å². The second-order valence-corrected chi connectivity index (χ2v) is 5.69. The Labute approximate surface area is 120 Å². The monoisotopic (exact) mass is 267 g/mol. The van der Waals surface area contributed by atoms with Crippen LogP contribution in [0.15, 0.2) is 54.6 Å². The fraction of sp³-hybridized carbons (Fsp3) is 0.333. The number of rotatable bonds is 3. The molecule has 1 saturated heterocycles. The molecule has 1 aliphatic rings. The molecule has 104 valence electrons. The van der Waals surface area contributed by atoms with Crippen molar-refractivity contribution in [3.63, 3.8) is 0 Å². The minimum atomic E-state index is -0.0283. The molecule has 2 heteroatoms. The summed E-state index contributed by atoms with van der Waals surface area (Å²) in [6.07, 6.45) is 2.13. The molecule has 0 aromatic heterocycles. The largest absolute Gasteiger partial charge is 0.487 e. The Balaban J connectivity index is 1.73. The van der Waals surface area contributed by atoms with Crippen LogP contribution in [0.4, 0.5) is 0 Å².